The van der Waals surface area contributed by atoms with Crippen LogP contribution in [0, 0.1) is 12.8 Å². The van der Waals surface area contributed by atoms with Crippen molar-refractivity contribution in [3.63, 3.8) is 0 Å². The molecule has 17 heavy (non-hydrogen) atoms. The molecule has 1 nitrogen and oxygen atoms in total. The molecular weight excluding hydrogens is 206 g/mol. The number of aryl methyl sites for hydroxylation is 1. The molecule has 1 aromatic carbocycles. The standard InChI is InChI=1S/C16H25N/c1-12-7-9-16(10-8-12)14(3)17-13(2)11-15-5-4-6-15/h7-10,13-15,17H,4-6,11H2,1-3H3/t13?,14-/m0/s1. The molecule has 2 atom stereocenters. The van der Waals surface area contributed by atoms with Gasteiger partial charge in [-0.05, 0) is 38.7 Å². The van der Waals surface area contributed by atoms with E-state index in [4.69, 9.17) is 0 Å². The van der Waals surface area contributed by atoms with Crippen molar-refractivity contribution in [3.05, 3.63) is 35.4 Å². The third-order valence-electron chi connectivity index (χ3n) is 4.02. The smallest absolute Gasteiger partial charge is 0.0294 e. The minimum absolute atomic E-state index is 0.464. The van der Waals surface area contributed by atoms with Crippen LogP contribution in [0.4, 0.5) is 0 Å². The summed E-state index contributed by atoms with van der Waals surface area (Å²) in [6.45, 7) is 6.73. The topological polar surface area (TPSA) is 12.0 Å². The number of hydrogen-bond donors (Lipinski definition) is 1. The molecule has 0 saturated heterocycles. The lowest BCUT2D eigenvalue weighted by Gasteiger charge is -2.30. The maximum absolute atomic E-state index is 3.71. The van der Waals surface area contributed by atoms with E-state index in [9.17, 15) is 0 Å². The molecule has 1 saturated carbocycles. The molecule has 94 valence electrons. The van der Waals surface area contributed by atoms with Gasteiger partial charge in [-0.1, -0.05) is 49.1 Å². The zero-order valence-electron chi connectivity index (χ0n) is 11.4. The lowest BCUT2D eigenvalue weighted by atomic mass is 9.81. The summed E-state index contributed by atoms with van der Waals surface area (Å²) in [4.78, 5) is 0. The van der Waals surface area contributed by atoms with E-state index in [0.29, 0.717) is 12.1 Å². The molecule has 0 radical (unpaired) electrons. The van der Waals surface area contributed by atoms with Crippen LogP contribution in [-0.2, 0) is 0 Å². The van der Waals surface area contributed by atoms with Crippen molar-refractivity contribution in [1.29, 1.82) is 0 Å². The highest BCUT2D eigenvalue weighted by atomic mass is 14.9. The summed E-state index contributed by atoms with van der Waals surface area (Å²) in [6.07, 6.45) is 5.69. The summed E-state index contributed by atoms with van der Waals surface area (Å²) in [5.41, 5.74) is 2.74. The fourth-order valence-corrected chi connectivity index (χ4v) is 2.67. The Balaban J connectivity index is 1.82. The summed E-state index contributed by atoms with van der Waals surface area (Å²) < 4.78 is 0. The van der Waals surface area contributed by atoms with Crippen LogP contribution in [0.3, 0.4) is 0 Å². The van der Waals surface area contributed by atoms with Gasteiger partial charge in [-0.15, -0.1) is 0 Å². The van der Waals surface area contributed by atoms with Crippen LogP contribution in [-0.4, -0.2) is 6.04 Å². The van der Waals surface area contributed by atoms with Gasteiger partial charge >= 0.3 is 0 Å². The molecule has 0 amide bonds. The van der Waals surface area contributed by atoms with E-state index < -0.39 is 0 Å². The second-order valence-corrected chi connectivity index (χ2v) is 5.73. The largest absolute Gasteiger partial charge is 0.308 e. The molecule has 1 aliphatic rings. The van der Waals surface area contributed by atoms with E-state index in [0.717, 1.165) is 5.92 Å². The van der Waals surface area contributed by atoms with Crippen LogP contribution < -0.4 is 5.32 Å². The predicted octanol–water partition coefficient (Wildman–Crippen LogP) is 4.22. The summed E-state index contributed by atoms with van der Waals surface area (Å²) in [5, 5.41) is 3.71. The molecule has 0 aliphatic heterocycles. The Morgan fingerprint density at radius 2 is 1.82 bits per heavy atom. The zero-order valence-corrected chi connectivity index (χ0v) is 11.4. The van der Waals surface area contributed by atoms with Gasteiger partial charge in [0.1, 0.15) is 0 Å². The lowest BCUT2D eigenvalue weighted by Crippen LogP contribution is -2.32. The van der Waals surface area contributed by atoms with Crippen molar-refractivity contribution >= 4 is 0 Å². The Kier molecular flexibility index (Phi) is 4.22. The first-order valence-corrected chi connectivity index (χ1v) is 6.98. The van der Waals surface area contributed by atoms with Gasteiger partial charge in [-0.3, -0.25) is 0 Å². The lowest BCUT2D eigenvalue weighted by molar-refractivity contribution is 0.259. The van der Waals surface area contributed by atoms with Gasteiger partial charge in [0.25, 0.3) is 0 Å². The highest BCUT2D eigenvalue weighted by Gasteiger charge is 2.20. The van der Waals surface area contributed by atoms with Gasteiger partial charge < -0.3 is 5.32 Å². The summed E-state index contributed by atoms with van der Waals surface area (Å²) >= 11 is 0. The molecule has 0 spiro atoms. The Morgan fingerprint density at radius 1 is 1.18 bits per heavy atom. The first-order valence-electron chi connectivity index (χ1n) is 6.98. The first kappa shape index (κ1) is 12.6. The molecule has 1 aliphatic carbocycles. The maximum Gasteiger partial charge on any atom is 0.0294 e. The minimum Gasteiger partial charge on any atom is -0.308 e. The van der Waals surface area contributed by atoms with E-state index >= 15 is 0 Å². The molecule has 1 heteroatoms. The van der Waals surface area contributed by atoms with Crippen molar-refractivity contribution in [2.24, 2.45) is 5.92 Å². The van der Waals surface area contributed by atoms with Crippen LogP contribution in [0.15, 0.2) is 24.3 Å². The fraction of sp³-hybridized carbons (Fsp3) is 0.625. The quantitative estimate of drug-likeness (QED) is 0.800. The van der Waals surface area contributed by atoms with Crippen molar-refractivity contribution < 1.29 is 0 Å². The first-order chi connectivity index (χ1) is 8.15. The molecule has 0 heterocycles. The fourth-order valence-electron chi connectivity index (χ4n) is 2.67. The molecule has 0 aromatic heterocycles. The Morgan fingerprint density at radius 3 is 2.35 bits per heavy atom. The number of benzene rings is 1. The minimum atomic E-state index is 0.464. The van der Waals surface area contributed by atoms with Crippen molar-refractivity contribution in [3.8, 4) is 0 Å². The number of nitrogens with one attached hydrogen (secondary N) is 1. The molecule has 1 unspecified atom stereocenters. The predicted molar refractivity (Wildman–Crippen MR) is 74.1 cm³/mol. The molecule has 0 bridgehead atoms. The second kappa shape index (κ2) is 5.68. The monoisotopic (exact) mass is 231 g/mol. The van der Waals surface area contributed by atoms with E-state index in [-0.39, 0.29) is 0 Å². The molecule has 1 fully saturated rings. The van der Waals surface area contributed by atoms with Crippen LogP contribution in [0.5, 0.6) is 0 Å². The average molecular weight is 231 g/mol. The SMILES string of the molecule is Cc1ccc([C@H](C)NC(C)CC2CCC2)cc1. The van der Waals surface area contributed by atoms with Gasteiger partial charge in [0, 0.05) is 12.1 Å². The van der Waals surface area contributed by atoms with E-state index in [1.165, 1.54) is 36.8 Å². The summed E-state index contributed by atoms with van der Waals surface area (Å²) in [7, 11) is 0. The number of hydrogen-bond acceptors (Lipinski definition) is 1. The summed E-state index contributed by atoms with van der Waals surface area (Å²) in [6, 6.07) is 9.97. The van der Waals surface area contributed by atoms with Gasteiger partial charge in [0.15, 0.2) is 0 Å². The second-order valence-electron chi connectivity index (χ2n) is 5.73. The molecule has 1 aromatic rings. The third-order valence-corrected chi connectivity index (χ3v) is 4.02. The highest BCUT2D eigenvalue weighted by molar-refractivity contribution is 5.23. The Bertz CT molecular complexity index is 337. The average Bonchev–Trinajstić information content (AvgIpc) is 2.24. The van der Waals surface area contributed by atoms with Crippen molar-refractivity contribution in [2.75, 3.05) is 0 Å². The third kappa shape index (κ3) is 3.57. The summed E-state index contributed by atoms with van der Waals surface area (Å²) in [5.74, 6) is 0.989. The van der Waals surface area contributed by atoms with Crippen LogP contribution >= 0.6 is 0 Å². The van der Waals surface area contributed by atoms with Crippen LogP contribution in [0.1, 0.15) is 56.7 Å². The van der Waals surface area contributed by atoms with Crippen molar-refractivity contribution in [1.82, 2.24) is 5.32 Å². The van der Waals surface area contributed by atoms with Gasteiger partial charge in [0.05, 0.1) is 0 Å². The van der Waals surface area contributed by atoms with Gasteiger partial charge in [-0.2, -0.15) is 0 Å². The highest BCUT2D eigenvalue weighted by Crippen LogP contribution is 2.30. The zero-order chi connectivity index (χ0) is 12.3. The van der Waals surface area contributed by atoms with Gasteiger partial charge in [0.2, 0.25) is 0 Å². The Labute approximate surface area is 106 Å². The maximum atomic E-state index is 3.71. The van der Waals surface area contributed by atoms with Gasteiger partial charge in [-0.25, -0.2) is 0 Å². The number of rotatable bonds is 5. The van der Waals surface area contributed by atoms with Crippen molar-refractivity contribution in [2.45, 2.75) is 58.5 Å². The molecule has 1 N–H and O–H groups in total. The normalized spacial score (nSPS) is 19.7. The Hall–Kier alpha value is -0.820. The molecule has 2 rings (SSSR count). The molecular formula is C16H25N. The van der Waals surface area contributed by atoms with Crippen LogP contribution in [0.2, 0.25) is 0 Å². The van der Waals surface area contributed by atoms with E-state index in [1.807, 2.05) is 0 Å². The van der Waals surface area contributed by atoms with Crippen LogP contribution in [0.25, 0.3) is 0 Å². The van der Waals surface area contributed by atoms with E-state index in [2.05, 4.69) is 50.4 Å². The van der Waals surface area contributed by atoms with E-state index in [1.54, 1.807) is 0 Å².